The molecule has 1 saturated heterocycles. The molecule has 1 aliphatic rings. The molecule has 3 aromatic rings. The summed E-state index contributed by atoms with van der Waals surface area (Å²) in [5, 5.41) is 24.0. The van der Waals surface area contributed by atoms with Gasteiger partial charge in [0.05, 0.1) is 30.5 Å². The molecule has 0 radical (unpaired) electrons. The van der Waals surface area contributed by atoms with Crippen molar-refractivity contribution < 1.29 is 42.2 Å². The van der Waals surface area contributed by atoms with Crippen LogP contribution in [-0.4, -0.2) is 81.6 Å². The fourth-order valence-electron chi connectivity index (χ4n) is 6.39. The maximum absolute atomic E-state index is 13.3. The fraction of sp³-hybridized carbons (Fsp3) is 0.658. The van der Waals surface area contributed by atoms with Gasteiger partial charge in [-0.05, 0) is 38.5 Å². The van der Waals surface area contributed by atoms with Gasteiger partial charge in [-0.2, -0.15) is 15.6 Å². The van der Waals surface area contributed by atoms with E-state index in [1.807, 2.05) is 6.07 Å². The molecule has 5 atom stereocenters. The number of pyridine rings is 1. The van der Waals surface area contributed by atoms with Gasteiger partial charge in [-0.3, -0.25) is 9.05 Å². The number of rotatable bonds is 26. The van der Waals surface area contributed by atoms with Crippen LogP contribution in [0.2, 0.25) is 0 Å². The first kappa shape index (κ1) is 44.0. The van der Waals surface area contributed by atoms with Crippen LogP contribution in [0.4, 0.5) is 5.82 Å². The lowest BCUT2D eigenvalue weighted by Crippen LogP contribution is -2.50. The zero-order valence-electron chi connectivity index (χ0n) is 32.4. The third kappa shape index (κ3) is 13.2. The highest BCUT2D eigenvalue weighted by Gasteiger charge is 2.56. The molecule has 0 aliphatic carbocycles. The first-order valence-corrected chi connectivity index (χ1v) is 20.6. The Bertz CT molecular complexity index is 1760. The van der Waals surface area contributed by atoms with E-state index in [1.54, 1.807) is 26.0 Å². The predicted molar refractivity (Wildman–Crippen MR) is 203 cm³/mol. The summed E-state index contributed by atoms with van der Waals surface area (Å²) in [4.78, 5) is 19.0. The zero-order valence-corrected chi connectivity index (χ0v) is 33.3. The first-order valence-electron chi connectivity index (χ1n) is 19.1. The van der Waals surface area contributed by atoms with E-state index < -0.39 is 50.7 Å². The third-order valence-corrected chi connectivity index (χ3v) is 10.3. The van der Waals surface area contributed by atoms with Crippen LogP contribution in [0.1, 0.15) is 115 Å². The fourth-order valence-corrected chi connectivity index (χ4v) is 7.17. The van der Waals surface area contributed by atoms with E-state index in [1.165, 1.54) is 94.1 Å². The second-order valence-electron chi connectivity index (χ2n) is 14.1. The molecule has 0 bridgehead atoms. The molecule has 4 rings (SSSR count). The van der Waals surface area contributed by atoms with Crippen LogP contribution in [-0.2, 0) is 32.6 Å². The predicted octanol–water partition coefficient (Wildman–Crippen LogP) is 6.98. The van der Waals surface area contributed by atoms with Crippen molar-refractivity contribution in [2.75, 3.05) is 39.3 Å². The van der Waals surface area contributed by atoms with Gasteiger partial charge < -0.3 is 34.3 Å². The average molecular weight is 786 g/mol. The van der Waals surface area contributed by atoms with Crippen molar-refractivity contribution in [3.8, 4) is 18.0 Å². The minimum Gasteiger partial charge on any atom is -0.469 e. The van der Waals surface area contributed by atoms with Crippen molar-refractivity contribution in [2.24, 2.45) is 0 Å². The maximum atomic E-state index is 13.3. The number of anilines is 1. The van der Waals surface area contributed by atoms with E-state index in [-0.39, 0.29) is 18.3 Å². The first-order chi connectivity index (χ1) is 26.5. The van der Waals surface area contributed by atoms with Gasteiger partial charge in [0, 0.05) is 26.0 Å². The average Bonchev–Trinajstić information content (AvgIpc) is 3.75. The van der Waals surface area contributed by atoms with Gasteiger partial charge in [0.25, 0.3) is 0 Å². The van der Waals surface area contributed by atoms with Crippen molar-refractivity contribution in [2.45, 2.75) is 128 Å². The maximum Gasteiger partial charge on any atom is 0.472 e. The van der Waals surface area contributed by atoms with Gasteiger partial charge in [-0.1, -0.05) is 77.6 Å². The number of hydrogen-bond acceptors (Lipinski definition) is 14. The number of fused-ring (bicyclic) bond motifs is 1. The quantitative estimate of drug-likeness (QED) is 0.0620. The highest BCUT2D eigenvalue weighted by Crippen LogP contribution is 2.48. The normalized spacial score (nSPS) is 19.3. The lowest BCUT2D eigenvalue weighted by Gasteiger charge is -2.33. The minimum absolute atomic E-state index is 0.0139. The lowest BCUT2D eigenvalue weighted by atomic mass is 9.93. The van der Waals surface area contributed by atoms with E-state index in [9.17, 15) is 20.0 Å². The Morgan fingerprint density at radius 2 is 1.69 bits per heavy atom. The van der Waals surface area contributed by atoms with Crippen LogP contribution in [0.25, 0.3) is 5.52 Å². The minimum atomic E-state index is -4.84. The number of phosphoric acid groups is 1. The summed E-state index contributed by atoms with van der Waals surface area (Å²) in [5.74, 6) is -0.830. The summed E-state index contributed by atoms with van der Waals surface area (Å²) in [5.41, 5.74) is 5.41. The number of aromatic nitrogens is 4. The van der Waals surface area contributed by atoms with Gasteiger partial charge in [0.15, 0.2) is 11.6 Å². The molecule has 4 heterocycles. The summed E-state index contributed by atoms with van der Waals surface area (Å²) in [7, 11) is -3.58. The van der Waals surface area contributed by atoms with Crippen molar-refractivity contribution in [1.82, 2.24) is 19.6 Å². The van der Waals surface area contributed by atoms with E-state index in [2.05, 4.69) is 28.1 Å². The number of hydrogen-bond donors (Lipinski definition) is 2. The molecular weight excluding hydrogens is 729 g/mol. The van der Waals surface area contributed by atoms with Crippen LogP contribution >= 0.6 is 7.82 Å². The SMILES string of the molecule is CCCCCCCCCCCCCCOC[C@H](COP(=O)(O)OC[C@@](C#N)(OC)[C@H]1OC(C)(C)O[C@H]1c1ccc2c(N)ncnn12)Oc1cc(C#N)ccn1. The molecule has 3 N–H and O–H groups in total. The molecule has 0 saturated carbocycles. The lowest BCUT2D eigenvalue weighted by molar-refractivity contribution is -0.171. The Hall–Kier alpha value is -3.70. The number of methoxy groups -OCH3 is 1. The number of nitrogens with zero attached hydrogens (tertiary/aromatic N) is 6. The molecule has 17 heteroatoms. The van der Waals surface area contributed by atoms with Gasteiger partial charge >= 0.3 is 7.82 Å². The number of nitriles is 2. The summed E-state index contributed by atoms with van der Waals surface area (Å²) in [6.07, 6.45) is 14.4. The molecule has 16 nitrogen and oxygen atoms in total. The van der Waals surface area contributed by atoms with Gasteiger partial charge in [-0.25, -0.2) is 19.0 Å². The number of nitrogen functional groups attached to an aromatic ring is 1. The van der Waals surface area contributed by atoms with Crippen molar-refractivity contribution >= 4 is 19.2 Å². The Balaban J connectivity index is 1.32. The molecule has 302 valence electrons. The van der Waals surface area contributed by atoms with Crippen molar-refractivity contribution in [3.05, 3.63) is 48.0 Å². The van der Waals surface area contributed by atoms with Gasteiger partial charge in [0.1, 0.15) is 42.8 Å². The van der Waals surface area contributed by atoms with Gasteiger partial charge in [-0.15, -0.1) is 0 Å². The number of nitrogens with two attached hydrogens (primary N) is 1. The number of unbranched alkanes of at least 4 members (excludes halogenated alkanes) is 11. The van der Waals surface area contributed by atoms with E-state index in [4.69, 9.17) is 38.5 Å². The molecule has 1 fully saturated rings. The smallest absolute Gasteiger partial charge is 0.469 e. The largest absolute Gasteiger partial charge is 0.472 e. The topological polar surface area (TPSA) is 219 Å². The highest BCUT2D eigenvalue weighted by atomic mass is 31.2. The van der Waals surface area contributed by atoms with E-state index in [0.29, 0.717) is 23.4 Å². The van der Waals surface area contributed by atoms with Crippen LogP contribution in [0, 0.1) is 22.7 Å². The zero-order chi connectivity index (χ0) is 39.7. The Kier molecular flexibility index (Phi) is 17.3. The van der Waals surface area contributed by atoms with E-state index >= 15 is 0 Å². The van der Waals surface area contributed by atoms with Gasteiger partial charge in [0.2, 0.25) is 11.5 Å². The third-order valence-electron chi connectivity index (χ3n) is 9.38. The van der Waals surface area contributed by atoms with Crippen LogP contribution in [0.5, 0.6) is 5.88 Å². The molecule has 55 heavy (non-hydrogen) atoms. The monoisotopic (exact) mass is 785 g/mol. The molecule has 1 unspecified atom stereocenters. The molecule has 1 aliphatic heterocycles. The van der Waals surface area contributed by atoms with Crippen molar-refractivity contribution in [3.63, 3.8) is 0 Å². The second kappa shape index (κ2) is 21.6. The number of phosphoric ester groups is 1. The Morgan fingerprint density at radius 1 is 1.00 bits per heavy atom. The molecule has 0 aromatic carbocycles. The molecule has 0 amide bonds. The molecule has 3 aromatic heterocycles. The second-order valence-corrected chi connectivity index (χ2v) is 15.6. The number of ether oxygens (including phenoxy) is 5. The summed E-state index contributed by atoms with van der Waals surface area (Å²) >= 11 is 0. The van der Waals surface area contributed by atoms with Crippen LogP contribution in [0.3, 0.4) is 0 Å². The van der Waals surface area contributed by atoms with Crippen LogP contribution < -0.4 is 10.5 Å². The summed E-state index contributed by atoms with van der Waals surface area (Å²) in [6.45, 7) is 4.87. The Morgan fingerprint density at radius 3 is 2.35 bits per heavy atom. The van der Waals surface area contributed by atoms with Crippen LogP contribution in [0.15, 0.2) is 36.8 Å². The molecule has 0 spiro atoms. The van der Waals surface area contributed by atoms with Crippen molar-refractivity contribution in [1.29, 1.82) is 10.5 Å². The standard InChI is InChI=1S/C38H56N7O9P/c1-5-6-7-8-9-10-11-12-13-14-15-16-21-49-24-30(52-33-22-29(23-39)19-20-42-33)25-50-55(46,47)51-27-38(26-40,48-4)35-34(53-37(2,3)54-35)31-17-18-32-36(41)43-28-44-45(31)32/h17-20,22,28,30,34-35H,5-16,21,24-25,27H2,1-4H3,(H,46,47)(H2,41,43,44)/t30-,34+,35+,38-/m1/s1. The van der Waals surface area contributed by atoms with E-state index in [0.717, 1.165) is 19.3 Å². The Labute approximate surface area is 323 Å². The highest BCUT2D eigenvalue weighted by molar-refractivity contribution is 7.47. The molecular formula is C38H56N7O9P. The summed E-state index contributed by atoms with van der Waals surface area (Å²) < 4.78 is 55.4. The summed E-state index contributed by atoms with van der Waals surface area (Å²) in [6, 6.07) is 10.5.